The van der Waals surface area contributed by atoms with Crippen molar-refractivity contribution in [1.82, 2.24) is 10.2 Å². The maximum Gasteiger partial charge on any atom is 0.193 e. The number of aliphatic imine (C=N–C) groups is 1. The van der Waals surface area contributed by atoms with Gasteiger partial charge in [0.25, 0.3) is 0 Å². The molecule has 1 rings (SSSR count). The van der Waals surface area contributed by atoms with Gasteiger partial charge in [0.15, 0.2) is 5.96 Å². The zero-order valence-corrected chi connectivity index (χ0v) is 12.7. The van der Waals surface area contributed by atoms with Crippen molar-refractivity contribution < 1.29 is 0 Å². The molecule has 0 unspecified atom stereocenters. The zero-order valence-electron chi connectivity index (χ0n) is 12.7. The smallest absolute Gasteiger partial charge is 0.193 e. The Kier molecular flexibility index (Phi) is 7.20. The van der Waals surface area contributed by atoms with Gasteiger partial charge in [0.1, 0.15) is 0 Å². The van der Waals surface area contributed by atoms with Crippen molar-refractivity contribution in [3.63, 3.8) is 0 Å². The summed E-state index contributed by atoms with van der Waals surface area (Å²) in [7, 11) is 2.07. The topological polar surface area (TPSA) is 51.4 Å². The predicted octanol–water partition coefficient (Wildman–Crippen LogP) is 2.76. The third-order valence-electron chi connectivity index (χ3n) is 3.04. The van der Waals surface area contributed by atoms with E-state index in [9.17, 15) is 0 Å². The number of rotatable bonds is 6. The van der Waals surface area contributed by atoms with Crippen LogP contribution in [0.15, 0.2) is 29.3 Å². The Balaban J connectivity index is 2.67. The Labute approximate surface area is 122 Å². The van der Waals surface area contributed by atoms with Crippen LogP contribution < -0.4 is 5.32 Å². The molecule has 0 aromatic heterocycles. The summed E-state index contributed by atoms with van der Waals surface area (Å²) < 4.78 is 0. The maximum atomic E-state index is 8.78. The van der Waals surface area contributed by atoms with Gasteiger partial charge in [-0.05, 0) is 31.0 Å². The fourth-order valence-electron chi connectivity index (χ4n) is 1.82. The predicted molar refractivity (Wildman–Crippen MR) is 83.5 cm³/mol. The molecule has 108 valence electrons. The lowest BCUT2D eigenvalue weighted by Crippen LogP contribution is -2.39. The van der Waals surface area contributed by atoms with Crippen molar-refractivity contribution in [2.24, 2.45) is 4.99 Å². The first kappa shape index (κ1) is 16.0. The van der Waals surface area contributed by atoms with Crippen LogP contribution in [-0.4, -0.2) is 31.0 Å². The Morgan fingerprint density at radius 2 is 2.00 bits per heavy atom. The molecular weight excluding hydrogens is 248 g/mol. The molecular formula is C16H24N4. The normalized spacial score (nSPS) is 11.0. The molecule has 0 aliphatic rings. The fourth-order valence-corrected chi connectivity index (χ4v) is 1.82. The van der Waals surface area contributed by atoms with Crippen molar-refractivity contribution >= 4 is 5.96 Å². The standard InChI is InChI=1S/C16H24N4/c1-4-6-11-20(3)16(18-5-2)19-13-15-9-7-14(12-17)8-10-15/h7-10H,4-6,11,13H2,1-3H3,(H,18,19). The largest absolute Gasteiger partial charge is 0.357 e. The monoisotopic (exact) mass is 272 g/mol. The summed E-state index contributed by atoms with van der Waals surface area (Å²) in [5.41, 5.74) is 1.80. The van der Waals surface area contributed by atoms with E-state index in [2.05, 4.69) is 42.2 Å². The van der Waals surface area contributed by atoms with Gasteiger partial charge in [0, 0.05) is 20.1 Å². The zero-order chi connectivity index (χ0) is 14.8. The molecule has 0 aliphatic heterocycles. The van der Waals surface area contributed by atoms with Crippen LogP contribution in [0.1, 0.15) is 37.8 Å². The van der Waals surface area contributed by atoms with E-state index in [4.69, 9.17) is 5.26 Å². The highest BCUT2D eigenvalue weighted by molar-refractivity contribution is 5.79. The molecule has 0 atom stereocenters. The second-order valence-corrected chi connectivity index (χ2v) is 4.75. The maximum absolute atomic E-state index is 8.78. The third kappa shape index (κ3) is 5.31. The Morgan fingerprint density at radius 1 is 1.30 bits per heavy atom. The number of hydrogen-bond acceptors (Lipinski definition) is 2. The van der Waals surface area contributed by atoms with E-state index in [1.54, 1.807) is 0 Å². The summed E-state index contributed by atoms with van der Waals surface area (Å²) in [4.78, 5) is 6.80. The molecule has 0 bridgehead atoms. The lowest BCUT2D eigenvalue weighted by Gasteiger charge is -2.21. The summed E-state index contributed by atoms with van der Waals surface area (Å²) in [6, 6.07) is 9.70. The van der Waals surface area contributed by atoms with Gasteiger partial charge in [-0.3, -0.25) is 0 Å². The van der Waals surface area contributed by atoms with Gasteiger partial charge in [-0.25, -0.2) is 4.99 Å². The van der Waals surface area contributed by atoms with Gasteiger partial charge < -0.3 is 10.2 Å². The molecule has 0 saturated heterocycles. The van der Waals surface area contributed by atoms with Crippen molar-refractivity contribution in [1.29, 1.82) is 5.26 Å². The highest BCUT2D eigenvalue weighted by Gasteiger charge is 2.04. The molecule has 0 aliphatic carbocycles. The second-order valence-electron chi connectivity index (χ2n) is 4.75. The molecule has 1 aromatic rings. The molecule has 20 heavy (non-hydrogen) atoms. The molecule has 0 fully saturated rings. The van der Waals surface area contributed by atoms with E-state index in [1.165, 1.54) is 6.42 Å². The molecule has 4 heteroatoms. The Bertz CT molecular complexity index is 456. The fraction of sp³-hybridized carbons (Fsp3) is 0.500. The van der Waals surface area contributed by atoms with E-state index in [-0.39, 0.29) is 0 Å². The third-order valence-corrected chi connectivity index (χ3v) is 3.04. The van der Waals surface area contributed by atoms with Gasteiger partial charge in [-0.15, -0.1) is 0 Å². The van der Waals surface area contributed by atoms with Crippen molar-refractivity contribution in [3.05, 3.63) is 35.4 Å². The minimum atomic E-state index is 0.629. The van der Waals surface area contributed by atoms with Crippen molar-refractivity contribution in [2.45, 2.75) is 33.2 Å². The molecule has 4 nitrogen and oxygen atoms in total. The first-order chi connectivity index (χ1) is 9.71. The van der Waals surface area contributed by atoms with E-state index in [1.807, 2.05) is 24.3 Å². The second kappa shape index (κ2) is 8.98. The molecule has 0 saturated carbocycles. The van der Waals surface area contributed by atoms with Gasteiger partial charge >= 0.3 is 0 Å². The number of nitrogens with one attached hydrogen (secondary N) is 1. The summed E-state index contributed by atoms with van der Waals surface area (Å²) in [6.45, 7) is 6.77. The summed E-state index contributed by atoms with van der Waals surface area (Å²) >= 11 is 0. The number of nitriles is 1. The Morgan fingerprint density at radius 3 is 2.55 bits per heavy atom. The van der Waals surface area contributed by atoms with Crippen LogP contribution in [0.4, 0.5) is 0 Å². The minimum absolute atomic E-state index is 0.629. The highest BCUT2D eigenvalue weighted by Crippen LogP contribution is 2.05. The molecule has 0 spiro atoms. The van der Waals surface area contributed by atoms with E-state index in [0.29, 0.717) is 12.1 Å². The van der Waals surface area contributed by atoms with Crippen LogP contribution in [-0.2, 0) is 6.54 Å². The summed E-state index contributed by atoms with van der Waals surface area (Å²) in [5.74, 6) is 0.935. The summed E-state index contributed by atoms with van der Waals surface area (Å²) in [6.07, 6.45) is 2.34. The molecule has 0 radical (unpaired) electrons. The number of benzene rings is 1. The van der Waals surface area contributed by atoms with Crippen LogP contribution >= 0.6 is 0 Å². The molecule has 1 N–H and O–H groups in total. The van der Waals surface area contributed by atoms with Crippen molar-refractivity contribution in [2.75, 3.05) is 20.1 Å². The van der Waals surface area contributed by atoms with Crippen LogP contribution in [0.5, 0.6) is 0 Å². The number of unbranched alkanes of at least 4 members (excludes halogenated alkanes) is 1. The lowest BCUT2D eigenvalue weighted by molar-refractivity contribution is 0.465. The van der Waals surface area contributed by atoms with Crippen LogP contribution in [0.2, 0.25) is 0 Å². The highest BCUT2D eigenvalue weighted by atomic mass is 15.3. The first-order valence-corrected chi connectivity index (χ1v) is 7.19. The van der Waals surface area contributed by atoms with Gasteiger partial charge in [-0.2, -0.15) is 5.26 Å². The average molecular weight is 272 g/mol. The van der Waals surface area contributed by atoms with E-state index >= 15 is 0 Å². The van der Waals surface area contributed by atoms with Crippen LogP contribution in [0.25, 0.3) is 0 Å². The first-order valence-electron chi connectivity index (χ1n) is 7.19. The van der Waals surface area contributed by atoms with Gasteiger partial charge in [0.05, 0.1) is 18.2 Å². The molecule has 0 heterocycles. The van der Waals surface area contributed by atoms with E-state index in [0.717, 1.165) is 31.0 Å². The molecule has 0 amide bonds. The van der Waals surface area contributed by atoms with E-state index < -0.39 is 0 Å². The van der Waals surface area contributed by atoms with Crippen molar-refractivity contribution in [3.8, 4) is 6.07 Å². The van der Waals surface area contributed by atoms with Crippen LogP contribution in [0, 0.1) is 11.3 Å². The average Bonchev–Trinajstić information content (AvgIpc) is 2.49. The minimum Gasteiger partial charge on any atom is -0.357 e. The van der Waals surface area contributed by atoms with Gasteiger partial charge in [-0.1, -0.05) is 25.5 Å². The lowest BCUT2D eigenvalue weighted by atomic mass is 10.1. The van der Waals surface area contributed by atoms with Gasteiger partial charge in [0.2, 0.25) is 0 Å². The van der Waals surface area contributed by atoms with Crippen LogP contribution in [0.3, 0.4) is 0 Å². The SMILES string of the molecule is CCCCN(C)C(=NCc1ccc(C#N)cc1)NCC. The summed E-state index contributed by atoms with van der Waals surface area (Å²) in [5, 5.41) is 12.1. The number of guanidine groups is 1. The number of nitrogens with zero attached hydrogens (tertiary/aromatic N) is 3. The Hall–Kier alpha value is -2.02. The number of hydrogen-bond donors (Lipinski definition) is 1. The molecule has 1 aromatic carbocycles. The quantitative estimate of drug-likeness (QED) is 0.640.